The second kappa shape index (κ2) is 5.58. The number of rotatable bonds is 3. The van der Waals surface area contributed by atoms with Gasteiger partial charge >= 0.3 is 5.69 Å². The van der Waals surface area contributed by atoms with Gasteiger partial charge in [0, 0.05) is 24.3 Å². The summed E-state index contributed by atoms with van der Waals surface area (Å²) in [4.78, 5) is 15.8. The van der Waals surface area contributed by atoms with Crippen LogP contribution >= 0.6 is 0 Å². The van der Waals surface area contributed by atoms with Crippen molar-refractivity contribution in [3.8, 4) is 0 Å². The highest BCUT2D eigenvalue weighted by Gasteiger charge is 2.57. The van der Waals surface area contributed by atoms with Gasteiger partial charge in [-0.3, -0.25) is 4.57 Å². The summed E-state index contributed by atoms with van der Waals surface area (Å²) in [7, 11) is 0. The summed E-state index contributed by atoms with van der Waals surface area (Å²) in [5, 5.41) is 21.6. The number of halogens is 2. The number of alkyl halides is 2. The van der Waals surface area contributed by atoms with Crippen molar-refractivity contribution in [3.05, 3.63) is 22.7 Å². The molecule has 1 aromatic heterocycles. The highest BCUT2D eigenvalue weighted by Crippen LogP contribution is 2.46. The maximum absolute atomic E-state index is 14.1. The minimum Gasteiger partial charge on any atom is -0.396 e. The van der Waals surface area contributed by atoms with Gasteiger partial charge in [0.25, 0.3) is 5.92 Å². The van der Waals surface area contributed by atoms with Gasteiger partial charge < -0.3 is 15.5 Å². The molecular weight excluding hydrogens is 296 g/mol. The molecule has 0 bridgehead atoms. The van der Waals surface area contributed by atoms with Crippen LogP contribution < -0.4 is 11.0 Å². The van der Waals surface area contributed by atoms with Gasteiger partial charge in [0.1, 0.15) is 18.0 Å². The zero-order valence-electron chi connectivity index (χ0n) is 12.8. The average Bonchev–Trinajstić information content (AvgIpc) is 2.60. The van der Waals surface area contributed by atoms with Crippen LogP contribution in [-0.4, -0.2) is 43.9 Å². The van der Waals surface area contributed by atoms with Crippen molar-refractivity contribution >= 4 is 5.82 Å². The van der Waals surface area contributed by atoms with Gasteiger partial charge in [0.2, 0.25) is 0 Å². The molecule has 1 aliphatic rings. The SMILES string of the molecule is CC(C)(C)Nc1ccn(C2CC(CO)C(O)C2(F)F)c(=O)n1. The Bertz CT molecular complexity index is 598. The van der Waals surface area contributed by atoms with E-state index in [4.69, 9.17) is 5.11 Å². The molecule has 124 valence electrons. The van der Waals surface area contributed by atoms with E-state index in [0.717, 1.165) is 4.57 Å². The predicted molar refractivity (Wildman–Crippen MR) is 77.1 cm³/mol. The third-order valence-electron chi connectivity index (χ3n) is 3.71. The van der Waals surface area contributed by atoms with Gasteiger partial charge in [-0.2, -0.15) is 4.98 Å². The summed E-state index contributed by atoms with van der Waals surface area (Å²) in [6.45, 7) is 5.09. The van der Waals surface area contributed by atoms with Crippen LogP contribution in [0.5, 0.6) is 0 Å². The van der Waals surface area contributed by atoms with Crippen molar-refractivity contribution in [2.45, 2.75) is 50.8 Å². The van der Waals surface area contributed by atoms with Crippen molar-refractivity contribution < 1.29 is 19.0 Å². The van der Waals surface area contributed by atoms with Gasteiger partial charge in [-0.25, -0.2) is 13.6 Å². The fourth-order valence-corrected chi connectivity index (χ4v) is 2.66. The Kier molecular flexibility index (Phi) is 4.27. The summed E-state index contributed by atoms with van der Waals surface area (Å²) in [5.74, 6) is -4.15. The summed E-state index contributed by atoms with van der Waals surface area (Å²) in [6.07, 6.45) is -0.908. The number of anilines is 1. The van der Waals surface area contributed by atoms with Crippen LogP contribution in [0.4, 0.5) is 14.6 Å². The zero-order chi connectivity index (χ0) is 16.7. The fourth-order valence-electron chi connectivity index (χ4n) is 2.66. The quantitative estimate of drug-likeness (QED) is 0.774. The first-order chi connectivity index (χ1) is 10.1. The van der Waals surface area contributed by atoms with Crippen LogP contribution in [0.3, 0.4) is 0 Å². The average molecular weight is 317 g/mol. The Morgan fingerprint density at radius 2 is 2.14 bits per heavy atom. The summed E-state index contributed by atoms with van der Waals surface area (Å²) in [5.41, 5.74) is -1.13. The first-order valence-corrected chi connectivity index (χ1v) is 7.10. The molecule has 0 radical (unpaired) electrons. The Balaban J connectivity index is 2.32. The molecule has 1 heterocycles. The zero-order valence-corrected chi connectivity index (χ0v) is 12.8. The van der Waals surface area contributed by atoms with Crippen LogP contribution in [-0.2, 0) is 0 Å². The largest absolute Gasteiger partial charge is 0.396 e. The smallest absolute Gasteiger partial charge is 0.349 e. The highest BCUT2D eigenvalue weighted by atomic mass is 19.3. The molecule has 0 amide bonds. The highest BCUT2D eigenvalue weighted by molar-refractivity contribution is 5.34. The number of nitrogens with one attached hydrogen (secondary N) is 1. The lowest BCUT2D eigenvalue weighted by atomic mass is 10.1. The van der Waals surface area contributed by atoms with Crippen molar-refractivity contribution in [2.75, 3.05) is 11.9 Å². The molecule has 3 unspecified atom stereocenters. The Morgan fingerprint density at radius 1 is 1.50 bits per heavy atom. The second-order valence-electron chi connectivity index (χ2n) is 6.69. The molecule has 3 atom stereocenters. The van der Waals surface area contributed by atoms with E-state index in [1.807, 2.05) is 20.8 Å². The summed E-state index contributed by atoms with van der Waals surface area (Å²) in [6, 6.07) is -0.0650. The fraction of sp³-hybridized carbons (Fsp3) is 0.714. The Labute approximate surface area is 126 Å². The van der Waals surface area contributed by atoms with E-state index in [1.54, 1.807) is 0 Å². The Hall–Kier alpha value is -1.54. The van der Waals surface area contributed by atoms with E-state index in [2.05, 4.69) is 10.3 Å². The molecule has 1 aliphatic carbocycles. The van der Waals surface area contributed by atoms with Crippen molar-refractivity contribution in [1.29, 1.82) is 0 Å². The molecule has 8 heteroatoms. The van der Waals surface area contributed by atoms with E-state index < -0.39 is 36.3 Å². The number of aliphatic hydroxyl groups is 2. The van der Waals surface area contributed by atoms with Crippen molar-refractivity contribution in [1.82, 2.24) is 9.55 Å². The van der Waals surface area contributed by atoms with E-state index in [0.29, 0.717) is 5.82 Å². The van der Waals surface area contributed by atoms with E-state index >= 15 is 0 Å². The standard InChI is InChI=1S/C14H21F2N3O3/c1-13(2,3)18-10-4-5-19(12(22)17-10)9-6-8(7-20)11(21)14(9,15)16/h4-5,8-9,11,20-21H,6-7H2,1-3H3,(H,17,18,22). The monoisotopic (exact) mass is 317 g/mol. The molecule has 1 aromatic rings. The molecule has 0 spiro atoms. The third kappa shape index (κ3) is 3.12. The number of aliphatic hydroxyl groups excluding tert-OH is 2. The van der Waals surface area contributed by atoms with Gasteiger partial charge in [0.15, 0.2) is 0 Å². The molecule has 0 aliphatic heterocycles. The van der Waals surface area contributed by atoms with Crippen LogP contribution in [0.1, 0.15) is 33.2 Å². The molecule has 1 fully saturated rings. The van der Waals surface area contributed by atoms with Gasteiger partial charge in [-0.15, -0.1) is 0 Å². The molecule has 0 aromatic carbocycles. The molecule has 0 saturated heterocycles. The molecule has 3 N–H and O–H groups in total. The summed E-state index contributed by atoms with van der Waals surface area (Å²) < 4.78 is 29.1. The number of hydrogen-bond donors (Lipinski definition) is 3. The number of nitrogens with zero attached hydrogens (tertiary/aromatic N) is 2. The minimum absolute atomic E-state index is 0.182. The van der Waals surface area contributed by atoms with Gasteiger partial charge in [0.05, 0.1) is 0 Å². The van der Waals surface area contributed by atoms with E-state index in [1.165, 1.54) is 12.3 Å². The molecular formula is C14H21F2N3O3. The maximum atomic E-state index is 14.1. The van der Waals surface area contributed by atoms with Gasteiger partial charge in [-0.1, -0.05) is 0 Å². The number of aromatic nitrogens is 2. The first kappa shape index (κ1) is 16.8. The first-order valence-electron chi connectivity index (χ1n) is 7.10. The lowest BCUT2D eigenvalue weighted by Gasteiger charge is -2.24. The van der Waals surface area contributed by atoms with Crippen LogP contribution in [0.2, 0.25) is 0 Å². The van der Waals surface area contributed by atoms with Crippen LogP contribution in [0.15, 0.2) is 17.1 Å². The van der Waals surface area contributed by atoms with E-state index in [-0.39, 0.29) is 12.0 Å². The lowest BCUT2D eigenvalue weighted by Crippen LogP contribution is -2.41. The molecule has 22 heavy (non-hydrogen) atoms. The van der Waals surface area contributed by atoms with Crippen LogP contribution in [0.25, 0.3) is 0 Å². The van der Waals surface area contributed by atoms with Crippen LogP contribution in [0, 0.1) is 5.92 Å². The second-order valence-corrected chi connectivity index (χ2v) is 6.69. The normalized spacial score (nSPS) is 27.9. The lowest BCUT2D eigenvalue weighted by molar-refractivity contribution is -0.123. The number of hydrogen-bond acceptors (Lipinski definition) is 5. The molecule has 6 nitrogen and oxygen atoms in total. The predicted octanol–water partition coefficient (Wildman–Crippen LogP) is 1.00. The molecule has 1 saturated carbocycles. The topological polar surface area (TPSA) is 87.4 Å². The minimum atomic E-state index is -3.49. The van der Waals surface area contributed by atoms with E-state index in [9.17, 15) is 18.7 Å². The van der Waals surface area contributed by atoms with Gasteiger partial charge in [-0.05, 0) is 33.3 Å². The maximum Gasteiger partial charge on any atom is 0.349 e. The third-order valence-corrected chi connectivity index (χ3v) is 3.71. The molecule has 2 rings (SSSR count). The van der Waals surface area contributed by atoms with Crippen molar-refractivity contribution in [2.24, 2.45) is 5.92 Å². The Morgan fingerprint density at radius 3 is 2.59 bits per heavy atom. The summed E-state index contributed by atoms with van der Waals surface area (Å²) >= 11 is 0. The van der Waals surface area contributed by atoms with Crippen molar-refractivity contribution in [3.63, 3.8) is 0 Å².